The lowest BCUT2D eigenvalue weighted by molar-refractivity contribution is -0.356. The summed E-state index contributed by atoms with van der Waals surface area (Å²) in [6.45, 7) is 1.20. The normalized spacial score (nSPS) is 24.9. The quantitative estimate of drug-likeness (QED) is 0.0396. The van der Waals surface area contributed by atoms with Crippen LogP contribution >= 0.6 is 11.8 Å². The minimum Gasteiger partial charge on any atom is -0.394 e. The number of thioether (sulfide) groups is 1. The predicted octanol–water partition coefficient (Wildman–Crippen LogP) is 15.2. The Balaban J connectivity index is 0.881. The first-order valence-electron chi connectivity index (χ1n) is 35.5. The van der Waals surface area contributed by atoms with Crippen LogP contribution in [0.4, 0.5) is 0 Å². The average molecular weight is 1410 g/mol. The number of hydrogen-bond donors (Lipinski definition) is 1. The minimum absolute atomic E-state index is 0.0869. The van der Waals surface area contributed by atoms with Crippen LogP contribution in [0.1, 0.15) is 50.1 Å². The van der Waals surface area contributed by atoms with Gasteiger partial charge < -0.3 is 71.4 Å². The second-order valence-electron chi connectivity index (χ2n) is 25.8. The fourth-order valence-corrected chi connectivity index (χ4v) is 14.2. The van der Waals surface area contributed by atoms with E-state index in [9.17, 15) is 5.11 Å². The molecule has 10 aromatic rings. The average Bonchev–Trinajstić information content (AvgIpc) is 0.835. The van der Waals surface area contributed by atoms with Gasteiger partial charge in [0.05, 0.1) is 79.3 Å². The molecule has 0 aliphatic carbocycles. The van der Waals surface area contributed by atoms with E-state index in [0.717, 1.165) is 55.0 Å². The molecule has 15 nitrogen and oxygen atoms in total. The zero-order chi connectivity index (χ0) is 69.9. The van der Waals surface area contributed by atoms with Crippen LogP contribution in [0.25, 0.3) is 0 Å². The van der Waals surface area contributed by atoms with Crippen LogP contribution in [0.15, 0.2) is 308 Å². The molecule has 0 radical (unpaired) electrons. The smallest absolute Gasteiger partial charge is 0.187 e. The topological polar surface area (TPSA) is 149 Å². The van der Waals surface area contributed by atoms with Crippen LogP contribution in [-0.2, 0) is 126 Å². The lowest BCUT2D eigenvalue weighted by Gasteiger charge is -2.49. The molecule has 3 aliphatic heterocycles. The van der Waals surface area contributed by atoms with Crippen molar-refractivity contribution in [3.05, 3.63) is 353 Å². The highest BCUT2D eigenvalue weighted by Crippen LogP contribution is 2.41. The van der Waals surface area contributed by atoms with E-state index in [0.29, 0.717) is 0 Å². The van der Waals surface area contributed by atoms with E-state index >= 15 is 0 Å². The number of benzene rings is 10. The Labute approximate surface area is 608 Å². The first kappa shape index (κ1) is 73.3. The molecule has 0 aromatic heterocycles. The molecule has 1 N–H and O–H groups in total. The molecule has 15 atom stereocenters. The van der Waals surface area contributed by atoms with Crippen LogP contribution in [0, 0.1) is 0 Å². The number of ether oxygens (including phenoxy) is 14. The molecule has 3 aliphatic rings. The largest absolute Gasteiger partial charge is 0.394 e. The van der Waals surface area contributed by atoms with Crippen LogP contribution in [0.5, 0.6) is 0 Å². The summed E-state index contributed by atoms with van der Waals surface area (Å²) in [6, 6.07) is 100. The van der Waals surface area contributed by atoms with E-state index in [4.69, 9.17) is 66.3 Å². The van der Waals surface area contributed by atoms with Crippen molar-refractivity contribution in [3.8, 4) is 0 Å². The summed E-state index contributed by atoms with van der Waals surface area (Å²) in [5, 5.41) is 11.5. The van der Waals surface area contributed by atoms with Gasteiger partial charge in [-0.1, -0.05) is 303 Å². The monoisotopic (exact) mass is 1410 g/mol. The lowest BCUT2D eigenvalue weighted by atomic mass is 9.96. The molecular formula is C87H90O15S. The molecule has 10 aromatic carbocycles. The van der Waals surface area contributed by atoms with Gasteiger partial charge >= 0.3 is 0 Å². The molecule has 16 heteroatoms. The zero-order valence-electron chi connectivity index (χ0n) is 57.6. The third-order valence-electron chi connectivity index (χ3n) is 18.4. The first-order valence-corrected chi connectivity index (χ1v) is 36.3. The van der Waals surface area contributed by atoms with Gasteiger partial charge in [-0.15, -0.1) is 0 Å². The van der Waals surface area contributed by atoms with Gasteiger partial charge in [-0.2, -0.15) is 0 Å². The molecule has 0 saturated carbocycles. The zero-order valence-corrected chi connectivity index (χ0v) is 58.4. The predicted molar refractivity (Wildman–Crippen MR) is 392 cm³/mol. The molecule has 13 rings (SSSR count). The van der Waals surface area contributed by atoms with Gasteiger partial charge in [0.1, 0.15) is 78.7 Å². The van der Waals surface area contributed by atoms with Gasteiger partial charge in [0, 0.05) is 4.90 Å². The highest BCUT2D eigenvalue weighted by molar-refractivity contribution is 7.99. The molecule has 0 amide bonds. The maximum absolute atomic E-state index is 11.5. The van der Waals surface area contributed by atoms with E-state index < -0.39 is 97.9 Å². The Morgan fingerprint density at radius 3 is 0.718 bits per heavy atom. The third-order valence-corrected chi connectivity index (χ3v) is 19.5. The van der Waals surface area contributed by atoms with Gasteiger partial charge in [0.25, 0.3) is 0 Å². The van der Waals surface area contributed by atoms with Crippen molar-refractivity contribution in [3.63, 3.8) is 0 Å². The molecule has 6 unspecified atom stereocenters. The Morgan fingerprint density at radius 2 is 0.437 bits per heavy atom. The summed E-state index contributed by atoms with van der Waals surface area (Å²) in [6.07, 6.45) is -12.6. The van der Waals surface area contributed by atoms with Gasteiger partial charge in [-0.3, -0.25) is 0 Å². The van der Waals surface area contributed by atoms with Crippen LogP contribution in [0.3, 0.4) is 0 Å². The molecule has 3 heterocycles. The van der Waals surface area contributed by atoms with Gasteiger partial charge in [0.2, 0.25) is 0 Å². The Hall–Kier alpha value is -8.05. The summed E-state index contributed by atoms with van der Waals surface area (Å²) in [5.74, 6) is 0. The highest BCUT2D eigenvalue weighted by Gasteiger charge is 2.54. The van der Waals surface area contributed by atoms with Crippen LogP contribution < -0.4 is 0 Å². The molecule has 3 saturated heterocycles. The summed E-state index contributed by atoms with van der Waals surface area (Å²) in [5.41, 5.74) is 7.87. The highest BCUT2D eigenvalue weighted by atomic mass is 32.2. The van der Waals surface area contributed by atoms with Crippen LogP contribution in [0.2, 0.25) is 0 Å². The molecule has 103 heavy (non-hydrogen) atoms. The molecule has 0 bridgehead atoms. The standard InChI is InChI=1S/C87H90O15S/c88-51-73-76(89-52-63-31-11-1-12-32-63)79(92-55-66-37-17-4-18-38-66)82(95-58-69-43-23-7-24-44-69)85(100-73)98-61-74-77(90-53-64-33-13-2-14-34-64)80(93-56-67-39-19-5-20-40-67)83(96-59-70-45-25-8-26-46-70)86(101-74)99-62-75-78(91-54-65-35-15-3-16-36-65)81(94-57-68-41-21-6-22-42-68)84(97-60-71-47-27-9-28-48-71)87(102-75)103-72-49-29-10-30-50-72/h1-50,73-88H,51-62H2/t73?,74?,75?,76-,77-,78-,79+,80+,81+,82?,83?,84?,85+,86+,87-/m0/s1. The maximum atomic E-state index is 11.5. The van der Waals surface area contributed by atoms with E-state index in [2.05, 4.69) is 36.4 Å². The lowest BCUT2D eigenvalue weighted by Crippen LogP contribution is -2.64. The SMILES string of the molecule is OCC1O[C@@H](OCC2O[C@@H](OCC3O[C@@H](Sc4ccccc4)C(OCc4ccccc4)[C@H](OCc4ccccc4)[C@H]3OCc3ccccc3)C(OCc3ccccc3)[C@H](OCc3ccccc3)[C@H]2OCc2ccccc2)C(OCc2ccccc2)[C@H](OCc2ccccc2)[C@H]1OCc1ccccc1. The van der Waals surface area contributed by atoms with Crippen molar-refractivity contribution in [2.24, 2.45) is 0 Å². The molecular weight excluding hydrogens is 1320 g/mol. The van der Waals surface area contributed by atoms with Crippen molar-refractivity contribution in [2.45, 2.75) is 156 Å². The van der Waals surface area contributed by atoms with Gasteiger partial charge in [-0.05, 0) is 62.2 Å². The summed E-state index contributed by atoms with van der Waals surface area (Å²) < 4.78 is 101. The van der Waals surface area contributed by atoms with Crippen molar-refractivity contribution < 1.29 is 71.4 Å². The molecule has 3 fully saturated rings. The molecule has 0 spiro atoms. The minimum atomic E-state index is -1.19. The summed E-state index contributed by atoms with van der Waals surface area (Å²) >= 11 is 1.56. The van der Waals surface area contributed by atoms with Crippen molar-refractivity contribution >= 4 is 11.8 Å². The fourth-order valence-electron chi connectivity index (χ4n) is 13.0. The third kappa shape index (κ3) is 21.3. The van der Waals surface area contributed by atoms with E-state index in [-0.39, 0.29) is 72.7 Å². The number of aliphatic hydroxyl groups excluding tert-OH is 1. The Morgan fingerprint density at radius 1 is 0.223 bits per heavy atom. The summed E-state index contributed by atoms with van der Waals surface area (Å²) in [7, 11) is 0. The van der Waals surface area contributed by atoms with E-state index in [1.54, 1.807) is 11.8 Å². The first-order chi connectivity index (χ1) is 51.0. The number of rotatable bonds is 36. The Kier molecular flexibility index (Phi) is 27.9. The second kappa shape index (κ2) is 39.2. The maximum Gasteiger partial charge on any atom is 0.187 e. The van der Waals surface area contributed by atoms with Crippen molar-refractivity contribution in [2.75, 3.05) is 19.8 Å². The van der Waals surface area contributed by atoms with Gasteiger partial charge in [-0.25, -0.2) is 0 Å². The summed E-state index contributed by atoms with van der Waals surface area (Å²) in [4.78, 5) is 0.975. The van der Waals surface area contributed by atoms with Crippen molar-refractivity contribution in [1.82, 2.24) is 0 Å². The fraction of sp³-hybridized carbons (Fsp3) is 0.310. The Bertz CT molecular complexity index is 3950. The number of hydrogen-bond acceptors (Lipinski definition) is 16. The van der Waals surface area contributed by atoms with E-state index in [1.807, 2.05) is 267 Å². The number of aliphatic hydroxyl groups is 1. The van der Waals surface area contributed by atoms with Gasteiger partial charge in [0.15, 0.2) is 12.6 Å². The van der Waals surface area contributed by atoms with Crippen LogP contribution in [-0.4, -0.2) is 116 Å². The van der Waals surface area contributed by atoms with Crippen molar-refractivity contribution in [1.29, 1.82) is 0 Å². The van der Waals surface area contributed by atoms with E-state index in [1.165, 1.54) is 0 Å². The molecule has 534 valence electrons. The second-order valence-corrected chi connectivity index (χ2v) is 26.9.